The maximum Gasteiger partial charge on any atom is 0.165 e. The average Bonchev–Trinajstić information content (AvgIpc) is 2.94. The van der Waals surface area contributed by atoms with Crippen LogP contribution >= 0.6 is 0 Å². The molecule has 146 valence electrons. The van der Waals surface area contributed by atoms with Gasteiger partial charge >= 0.3 is 0 Å². The first-order valence-electron chi connectivity index (χ1n) is 9.62. The van der Waals surface area contributed by atoms with Gasteiger partial charge in [0.25, 0.3) is 0 Å². The van der Waals surface area contributed by atoms with Crippen molar-refractivity contribution >= 4 is 5.71 Å². The van der Waals surface area contributed by atoms with Crippen molar-refractivity contribution in [3.8, 4) is 0 Å². The number of pyridine rings is 1. The van der Waals surface area contributed by atoms with E-state index in [0.717, 1.165) is 35.4 Å². The Bertz CT molecular complexity index is 866. The normalized spacial score (nSPS) is 16.0. The molecule has 1 atom stereocenters. The summed E-state index contributed by atoms with van der Waals surface area (Å²) in [6.07, 6.45) is 18.3. The maximum atomic E-state index is 13.5. The quantitative estimate of drug-likeness (QED) is 0.231. The molecule has 0 saturated carbocycles. The molecule has 4 heteroatoms. The average molecular weight is 378 g/mol. The Hall–Kier alpha value is -2.97. The molecule has 0 fully saturated rings. The first-order chi connectivity index (χ1) is 13.6. The molecule has 0 radical (unpaired) electrons. The van der Waals surface area contributed by atoms with Gasteiger partial charge in [-0.25, -0.2) is 0 Å². The summed E-state index contributed by atoms with van der Waals surface area (Å²) < 4.78 is 13.5. The third-order valence-corrected chi connectivity index (χ3v) is 4.40. The van der Waals surface area contributed by atoms with Crippen LogP contribution in [0, 0.1) is 0 Å². The van der Waals surface area contributed by atoms with E-state index in [4.69, 9.17) is 5.10 Å². The Morgan fingerprint density at radius 1 is 1.39 bits per heavy atom. The molecule has 0 spiro atoms. The summed E-state index contributed by atoms with van der Waals surface area (Å²) in [7, 11) is 0. The topological polar surface area (TPSA) is 28.5 Å². The zero-order valence-electron chi connectivity index (χ0n) is 17.1. The van der Waals surface area contributed by atoms with Crippen molar-refractivity contribution in [2.24, 2.45) is 5.10 Å². The molecule has 28 heavy (non-hydrogen) atoms. The van der Waals surface area contributed by atoms with Crippen molar-refractivity contribution in [2.45, 2.75) is 46.6 Å². The molecule has 1 heterocycles. The molecule has 0 aromatic carbocycles. The number of hydrazone groups is 1. The minimum absolute atomic E-state index is 0.0742. The van der Waals surface area contributed by atoms with E-state index in [-0.39, 0.29) is 11.9 Å². The predicted molar refractivity (Wildman–Crippen MR) is 115 cm³/mol. The lowest BCUT2D eigenvalue weighted by atomic mass is 10.1. The van der Waals surface area contributed by atoms with Crippen LogP contribution in [-0.2, 0) is 0 Å². The minimum Gasteiger partial charge on any atom is -0.264 e. The zero-order chi connectivity index (χ0) is 20.4. The van der Waals surface area contributed by atoms with Crippen molar-refractivity contribution in [3.63, 3.8) is 0 Å². The van der Waals surface area contributed by atoms with E-state index >= 15 is 0 Å². The first-order valence-corrected chi connectivity index (χ1v) is 9.62. The monoisotopic (exact) mass is 377 g/mol. The van der Waals surface area contributed by atoms with Crippen LogP contribution in [0.1, 0.15) is 46.1 Å². The highest BCUT2D eigenvalue weighted by atomic mass is 19.1. The molecule has 0 amide bonds. The zero-order valence-corrected chi connectivity index (χ0v) is 17.1. The van der Waals surface area contributed by atoms with Crippen molar-refractivity contribution in [3.05, 3.63) is 95.5 Å². The summed E-state index contributed by atoms with van der Waals surface area (Å²) in [6, 6.07) is 3.83. The minimum atomic E-state index is -0.377. The Kier molecular flexibility index (Phi) is 8.38. The van der Waals surface area contributed by atoms with E-state index in [1.807, 2.05) is 49.3 Å². The summed E-state index contributed by atoms with van der Waals surface area (Å²) in [6.45, 7) is 8.18. The summed E-state index contributed by atoms with van der Waals surface area (Å²) in [5, 5.41) is 6.97. The molecule has 0 aliphatic heterocycles. The van der Waals surface area contributed by atoms with E-state index in [1.54, 1.807) is 18.3 Å². The lowest BCUT2D eigenvalue weighted by Gasteiger charge is -2.30. The van der Waals surface area contributed by atoms with E-state index in [9.17, 15) is 4.39 Å². The van der Waals surface area contributed by atoms with Gasteiger partial charge in [-0.2, -0.15) is 9.49 Å². The fourth-order valence-electron chi connectivity index (χ4n) is 2.85. The largest absolute Gasteiger partial charge is 0.264 e. The first kappa shape index (κ1) is 21.3. The molecule has 1 aromatic heterocycles. The molecular weight excluding hydrogens is 349 g/mol. The van der Waals surface area contributed by atoms with E-state index in [0.29, 0.717) is 0 Å². The fraction of sp³-hybridized carbons (Fsp3) is 0.292. The second-order valence-electron chi connectivity index (χ2n) is 6.48. The molecule has 3 nitrogen and oxygen atoms in total. The second kappa shape index (κ2) is 11.0. The van der Waals surface area contributed by atoms with Crippen LogP contribution in [0.5, 0.6) is 0 Å². The van der Waals surface area contributed by atoms with Gasteiger partial charge in [0.15, 0.2) is 5.83 Å². The molecule has 0 bridgehead atoms. The number of aromatic nitrogens is 1. The number of nitrogens with zero attached hydrogens (tertiary/aromatic N) is 3. The van der Waals surface area contributed by atoms with Crippen LogP contribution in [-0.4, -0.2) is 21.7 Å². The van der Waals surface area contributed by atoms with Gasteiger partial charge in [0.2, 0.25) is 0 Å². The van der Waals surface area contributed by atoms with Crippen molar-refractivity contribution in [2.75, 3.05) is 0 Å². The Morgan fingerprint density at radius 2 is 2.21 bits per heavy atom. The molecule has 0 N–H and O–H groups in total. The van der Waals surface area contributed by atoms with Gasteiger partial charge in [-0.15, -0.1) is 0 Å². The Balaban J connectivity index is 2.46. The van der Waals surface area contributed by atoms with E-state index in [2.05, 4.69) is 36.7 Å². The highest BCUT2D eigenvalue weighted by Gasteiger charge is 2.19. The number of hydrogen-bond donors (Lipinski definition) is 0. The Morgan fingerprint density at radius 3 is 2.89 bits per heavy atom. The Labute approximate surface area is 167 Å². The number of allylic oxidation sites excluding steroid dienone is 6. The number of halogens is 1. The molecule has 2 rings (SSSR count). The number of rotatable bonds is 8. The van der Waals surface area contributed by atoms with Crippen molar-refractivity contribution < 1.29 is 4.39 Å². The maximum absolute atomic E-state index is 13.5. The third kappa shape index (κ3) is 6.04. The van der Waals surface area contributed by atoms with E-state index in [1.165, 1.54) is 6.08 Å². The van der Waals surface area contributed by atoms with Gasteiger partial charge in [-0.3, -0.25) is 9.99 Å². The highest BCUT2D eigenvalue weighted by molar-refractivity contribution is 5.98. The van der Waals surface area contributed by atoms with Crippen LogP contribution in [0.3, 0.4) is 0 Å². The molecule has 1 aliphatic carbocycles. The van der Waals surface area contributed by atoms with E-state index < -0.39 is 0 Å². The third-order valence-electron chi connectivity index (χ3n) is 4.40. The summed E-state index contributed by atoms with van der Waals surface area (Å²) in [4.78, 5) is 4.19. The highest BCUT2D eigenvalue weighted by Crippen LogP contribution is 2.23. The molecule has 1 unspecified atom stereocenters. The summed E-state index contributed by atoms with van der Waals surface area (Å²) >= 11 is 0. The standard InChI is InChI=1S/C24H28FN3/c1-5-7-14-24(10-6-2)28(27-19(3)22-12-9-17-26-18-22)20(4)21-11-8-13-23(25)16-15-21/h5,7-12,15-18,20H,6,14H2,1-4H3/b7-5+,24-10+,27-19+. The molecular formula is C24H28FN3. The van der Waals surface area contributed by atoms with Crippen LogP contribution < -0.4 is 0 Å². The van der Waals surface area contributed by atoms with Gasteiger partial charge in [0.05, 0.1) is 11.8 Å². The van der Waals surface area contributed by atoms with Gasteiger partial charge in [-0.05, 0) is 57.1 Å². The molecule has 1 aromatic rings. The van der Waals surface area contributed by atoms with Gasteiger partial charge in [0.1, 0.15) is 0 Å². The lowest BCUT2D eigenvalue weighted by molar-refractivity contribution is 0.309. The van der Waals surface area contributed by atoms with Gasteiger partial charge < -0.3 is 0 Å². The summed E-state index contributed by atoms with van der Waals surface area (Å²) in [5.74, 6) is -0.377. The van der Waals surface area contributed by atoms with Crippen LogP contribution in [0.15, 0.2) is 95.0 Å². The second-order valence-corrected chi connectivity index (χ2v) is 6.48. The molecule has 1 aliphatic rings. The predicted octanol–water partition coefficient (Wildman–Crippen LogP) is 6.26. The van der Waals surface area contributed by atoms with Crippen LogP contribution in [0.25, 0.3) is 0 Å². The van der Waals surface area contributed by atoms with Crippen molar-refractivity contribution in [1.29, 1.82) is 0 Å². The molecule has 0 saturated heterocycles. The number of hydrogen-bond acceptors (Lipinski definition) is 3. The smallest absolute Gasteiger partial charge is 0.165 e. The van der Waals surface area contributed by atoms with Crippen LogP contribution in [0.2, 0.25) is 0 Å². The van der Waals surface area contributed by atoms with Gasteiger partial charge in [0, 0.05) is 30.1 Å². The van der Waals surface area contributed by atoms with Gasteiger partial charge in [-0.1, -0.05) is 43.0 Å². The fourth-order valence-corrected chi connectivity index (χ4v) is 2.85. The lowest BCUT2D eigenvalue weighted by Crippen LogP contribution is -2.30. The van der Waals surface area contributed by atoms with Crippen molar-refractivity contribution in [1.82, 2.24) is 9.99 Å². The SMILES string of the molecule is C/C=C/C/C(=C\CC)N(/N=C(\C)c1cccnc1)C(C)C1=CC=C=C(F)C=C1. The summed E-state index contributed by atoms with van der Waals surface area (Å²) in [5.41, 5.74) is 6.51. The van der Waals surface area contributed by atoms with Crippen LogP contribution in [0.4, 0.5) is 4.39 Å².